The molecule has 0 spiro atoms. The second kappa shape index (κ2) is 10.2. The highest BCUT2D eigenvalue weighted by Gasteiger charge is 2.31. The summed E-state index contributed by atoms with van der Waals surface area (Å²) in [5, 5.41) is 0. The number of esters is 2. The molecule has 0 radical (unpaired) electrons. The number of ether oxygens (including phenoxy) is 2. The Morgan fingerprint density at radius 2 is 1.56 bits per heavy atom. The maximum absolute atomic E-state index is 12.7. The molecule has 1 rings (SSSR count). The predicted molar refractivity (Wildman–Crippen MR) is 99.8 cm³/mol. The summed E-state index contributed by atoms with van der Waals surface area (Å²) >= 11 is 0. The minimum atomic E-state index is -0.592. The average molecular weight is 348 g/mol. The molecule has 4 heteroatoms. The zero-order chi connectivity index (χ0) is 18.9. The Balaban J connectivity index is 2.86. The van der Waals surface area contributed by atoms with Crippen molar-refractivity contribution in [1.29, 1.82) is 0 Å². The Morgan fingerprint density at radius 3 is 2.12 bits per heavy atom. The highest BCUT2D eigenvalue weighted by molar-refractivity contribution is 6.03. The van der Waals surface area contributed by atoms with Gasteiger partial charge in [0.05, 0.1) is 17.7 Å². The Bertz CT molecular complexity index is 563. The van der Waals surface area contributed by atoms with Gasteiger partial charge in [-0.3, -0.25) is 0 Å². The lowest BCUT2D eigenvalue weighted by Gasteiger charge is -2.32. The summed E-state index contributed by atoms with van der Waals surface area (Å²) in [6.07, 6.45) is 4.96. The lowest BCUT2D eigenvalue weighted by molar-refractivity contribution is -0.0284. The molecular weight excluding hydrogens is 316 g/mol. The fourth-order valence-electron chi connectivity index (χ4n) is 2.48. The third-order valence-corrected chi connectivity index (χ3v) is 4.63. The number of hydrogen-bond donors (Lipinski definition) is 0. The van der Waals surface area contributed by atoms with Crippen LogP contribution in [-0.2, 0) is 9.47 Å². The number of rotatable bonds is 10. The molecule has 1 aromatic rings. The van der Waals surface area contributed by atoms with Crippen LogP contribution in [0.25, 0.3) is 0 Å². The molecule has 4 nitrogen and oxygen atoms in total. The molecule has 0 amide bonds. The van der Waals surface area contributed by atoms with Crippen molar-refractivity contribution in [2.75, 3.05) is 6.61 Å². The summed E-state index contributed by atoms with van der Waals surface area (Å²) < 4.78 is 11.0. The van der Waals surface area contributed by atoms with E-state index < -0.39 is 17.5 Å². The molecule has 0 N–H and O–H groups in total. The molecule has 1 atom stereocenters. The van der Waals surface area contributed by atoms with Gasteiger partial charge in [-0.2, -0.15) is 0 Å². The molecular formula is C21H32O4. The van der Waals surface area contributed by atoms with Crippen LogP contribution in [0, 0.1) is 5.92 Å². The first-order chi connectivity index (χ1) is 11.8. The molecule has 1 aromatic carbocycles. The fourth-order valence-corrected chi connectivity index (χ4v) is 2.48. The maximum atomic E-state index is 12.7. The van der Waals surface area contributed by atoms with Crippen LogP contribution >= 0.6 is 0 Å². The molecule has 140 valence electrons. The molecule has 25 heavy (non-hydrogen) atoms. The van der Waals surface area contributed by atoms with E-state index in [1.807, 2.05) is 20.8 Å². The number of carbonyl (C=O) groups is 2. The van der Waals surface area contributed by atoms with Gasteiger partial charge in [-0.05, 0) is 44.7 Å². The second-order valence-corrected chi connectivity index (χ2v) is 7.07. The number of hydrogen-bond acceptors (Lipinski definition) is 4. The van der Waals surface area contributed by atoms with Crippen molar-refractivity contribution in [3.63, 3.8) is 0 Å². The maximum Gasteiger partial charge on any atom is 0.339 e. The summed E-state index contributed by atoms with van der Waals surface area (Å²) in [5.74, 6) is -0.714. The van der Waals surface area contributed by atoms with Gasteiger partial charge in [-0.25, -0.2) is 9.59 Å². The first kappa shape index (κ1) is 21.2. The molecule has 0 heterocycles. The largest absolute Gasteiger partial charge is 0.462 e. The summed E-state index contributed by atoms with van der Waals surface area (Å²) in [7, 11) is 0. The summed E-state index contributed by atoms with van der Waals surface area (Å²) in [4.78, 5) is 24.9. The lowest BCUT2D eigenvalue weighted by atomic mass is 9.88. The number of carbonyl (C=O) groups excluding carboxylic acids is 2. The second-order valence-electron chi connectivity index (χ2n) is 7.07. The van der Waals surface area contributed by atoms with Crippen molar-refractivity contribution in [3.8, 4) is 0 Å². The molecule has 0 bridgehead atoms. The van der Waals surface area contributed by atoms with E-state index in [9.17, 15) is 9.59 Å². The fraction of sp³-hybridized carbons (Fsp3) is 0.619. The molecule has 0 aliphatic heterocycles. The zero-order valence-electron chi connectivity index (χ0n) is 16.3. The van der Waals surface area contributed by atoms with E-state index >= 15 is 0 Å². The first-order valence-corrected chi connectivity index (χ1v) is 9.33. The van der Waals surface area contributed by atoms with E-state index in [1.165, 1.54) is 0 Å². The van der Waals surface area contributed by atoms with Crippen LogP contribution in [0.5, 0.6) is 0 Å². The van der Waals surface area contributed by atoms with Crippen molar-refractivity contribution < 1.29 is 19.1 Å². The van der Waals surface area contributed by atoms with Gasteiger partial charge in [0.2, 0.25) is 0 Å². The quantitative estimate of drug-likeness (QED) is 0.419. The van der Waals surface area contributed by atoms with E-state index in [4.69, 9.17) is 9.47 Å². The lowest BCUT2D eigenvalue weighted by Crippen LogP contribution is -2.35. The highest BCUT2D eigenvalue weighted by Crippen LogP contribution is 2.27. The van der Waals surface area contributed by atoms with Crippen LogP contribution in [0.4, 0.5) is 0 Å². The van der Waals surface area contributed by atoms with Crippen molar-refractivity contribution in [3.05, 3.63) is 35.4 Å². The van der Waals surface area contributed by atoms with Gasteiger partial charge >= 0.3 is 11.9 Å². The topological polar surface area (TPSA) is 52.6 Å². The van der Waals surface area contributed by atoms with E-state index in [1.54, 1.807) is 24.3 Å². The van der Waals surface area contributed by atoms with Gasteiger partial charge in [0.25, 0.3) is 0 Å². The number of benzene rings is 1. The van der Waals surface area contributed by atoms with Crippen molar-refractivity contribution in [1.82, 2.24) is 0 Å². The van der Waals surface area contributed by atoms with Crippen LogP contribution < -0.4 is 0 Å². The Labute approximate surface area is 151 Å². The third kappa shape index (κ3) is 6.52. The van der Waals surface area contributed by atoms with E-state index in [0.717, 1.165) is 32.1 Å². The molecule has 0 aliphatic rings. The van der Waals surface area contributed by atoms with Crippen molar-refractivity contribution in [2.24, 2.45) is 5.92 Å². The Morgan fingerprint density at radius 1 is 1.00 bits per heavy atom. The van der Waals surface area contributed by atoms with Gasteiger partial charge < -0.3 is 9.47 Å². The molecule has 0 aromatic heterocycles. The van der Waals surface area contributed by atoms with Gasteiger partial charge in [-0.1, -0.05) is 52.2 Å². The minimum absolute atomic E-state index is 0.236. The van der Waals surface area contributed by atoms with Gasteiger partial charge in [0.15, 0.2) is 0 Å². The summed E-state index contributed by atoms with van der Waals surface area (Å²) in [6, 6.07) is 6.68. The monoisotopic (exact) mass is 348 g/mol. The molecule has 0 fully saturated rings. The average Bonchev–Trinajstić information content (AvgIpc) is 2.59. The minimum Gasteiger partial charge on any atom is -0.462 e. The van der Waals surface area contributed by atoms with Crippen LogP contribution in [0.15, 0.2) is 24.3 Å². The van der Waals surface area contributed by atoms with E-state index in [2.05, 4.69) is 13.8 Å². The molecule has 0 saturated heterocycles. The van der Waals surface area contributed by atoms with Crippen LogP contribution in [0.3, 0.4) is 0 Å². The van der Waals surface area contributed by atoms with Crippen molar-refractivity contribution >= 4 is 11.9 Å². The van der Waals surface area contributed by atoms with Crippen LogP contribution in [0.1, 0.15) is 87.4 Å². The van der Waals surface area contributed by atoms with Crippen molar-refractivity contribution in [2.45, 2.75) is 72.3 Å². The molecule has 0 saturated carbocycles. The number of unbranched alkanes of at least 4 members (excludes halogenated alkanes) is 2. The highest BCUT2D eigenvalue weighted by atomic mass is 16.6. The Kier molecular flexibility index (Phi) is 8.67. The summed E-state index contributed by atoms with van der Waals surface area (Å²) in [6.45, 7) is 10.5. The molecule has 1 unspecified atom stereocenters. The van der Waals surface area contributed by atoms with Gasteiger partial charge in [0, 0.05) is 0 Å². The van der Waals surface area contributed by atoms with Crippen LogP contribution in [-0.4, -0.2) is 24.1 Å². The van der Waals surface area contributed by atoms with E-state index in [0.29, 0.717) is 6.61 Å². The SMILES string of the molecule is CCCCOC(=O)c1ccccc1C(=O)OC(C)(C)C(C)CCCC. The van der Waals surface area contributed by atoms with Crippen LogP contribution in [0.2, 0.25) is 0 Å². The van der Waals surface area contributed by atoms with Gasteiger partial charge in [0.1, 0.15) is 5.60 Å². The predicted octanol–water partition coefficient (Wildman–Crippen LogP) is 5.41. The Hall–Kier alpha value is -1.84. The molecule has 0 aliphatic carbocycles. The third-order valence-electron chi connectivity index (χ3n) is 4.63. The zero-order valence-corrected chi connectivity index (χ0v) is 16.3. The van der Waals surface area contributed by atoms with Gasteiger partial charge in [-0.15, -0.1) is 0 Å². The van der Waals surface area contributed by atoms with E-state index in [-0.39, 0.29) is 17.0 Å². The normalized spacial score (nSPS) is 12.5. The first-order valence-electron chi connectivity index (χ1n) is 9.33. The summed E-state index contributed by atoms with van der Waals surface area (Å²) in [5.41, 5.74) is -0.0637. The smallest absolute Gasteiger partial charge is 0.339 e. The standard InChI is InChI=1S/C21H32O4/c1-6-8-12-16(3)21(4,5)25-20(23)18-14-11-10-13-17(18)19(22)24-15-9-7-2/h10-11,13-14,16H,6-9,12,15H2,1-5H3.